The highest BCUT2D eigenvalue weighted by atomic mass is 19.1. The lowest BCUT2D eigenvalue weighted by atomic mass is 10.1. The Hall–Kier alpha value is -1.46. The fourth-order valence-corrected chi connectivity index (χ4v) is 1.23. The molecule has 0 heterocycles. The van der Waals surface area contributed by atoms with Crippen LogP contribution in [0.4, 0.5) is 4.39 Å². The minimum atomic E-state index is -1.19. The zero-order valence-corrected chi connectivity index (χ0v) is 9.03. The summed E-state index contributed by atoms with van der Waals surface area (Å²) >= 11 is 0. The third-order valence-electron chi connectivity index (χ3n) is 2.22. The Morgan fingerprint density at radius 2 is 2.31 bits per heavy atom. The van der Waals surface area contributed by atoms with Gasteiger partial charge in [-0.25, -0.2) is 4.39 Å². The Morgan fingerprint density at radius 1 is 1.62 bits per heavy atom. The maximum Gasteiger partial charge on any atom is 0.250 e. The molecular weight excluding hydrogens is 211 g/mol. The molecule has 0 radical (unpaired) electrons. The van der Waals surface area contributed by atoms with Crippen LogP contribution in [0, 0.1) is 12.7 Å². The largest absolute Gasteiger partial charge is 0.382 e. The number of nitrogens with two attached hydrogens (primary N) is 1. The van der Waals surface area contributed by atoms with Crippen LogP contribution in [0.5, 0.6) is 0 Å². The van der Waals surface area contributed by atoms with E-state index in [-0.39, 0.29) is 18.9 Å². The van der Waals surface area contributed by atoms with Crippen LogP contribution in [-0.2, 0) is 11.3 Å². The van der Waals surface area contributed by atoms with Crippen molar-refractivity contribution in [2.24, 2.45) is 5.73 Å². The molecule has 0 saturated carbocycles. The number of amides is 1. The van der Waals surface area contributed by atoms with E-state index in [1.54, 1.807) is 19.1 Å². The fourth-order valence-electron chi connectivity index (χ4n) is 1.23. The van der Waals surface area contributed by atoms with Crippen molar-refractivity contribution in [2.75, 3.05) is 6.54 Å². The Balaban J connectivity index is 2.55. The third-order valence-corrected chi connectivity index (χ3v) is 2.22. The SMILES string of the molecule is Cc1cc(CNC(=O)C(O)CN)ccc1F. The number of carbonyl (C=O) groups excluding carboxylic acids is 1. The monoisotopic (exact) mass is 226 g/mol. The molecule has 1 unspecified atom stereocenters. The quantitative estimate of drug-likeness (QED) is 0.680. The number of aliphatic hydroxyl groups is 1. The van der Waals surface area contributed by atoms with Crippen LogP contribution in [0.25, 0.3) is 0 Å². The van der Waals surface area contributed by atoms with Gasteiger partial charge < -0.3 is 16.2 Å². The second-order valence-corrected chi connectivity index (χ2v) is 3.55. The molecule has 88 valence electrons. The van der Waals surface area contributed by atoms with E-state index in [0.717, 1.165) is 5.56 Å². The average Bonchev–Trinajstić information content (AvgIpc) is 2.29. The molecule has 1 amide bonds. The van der Waals surface area contributed by atoms with Crippen LogP contribution in [0.15, 0.2) is 18.2 Å². The van der Waals surface area contributed by atoms with Crippen LogP contribution >= 0.6 is 0 Å². The first-order valence-corrected chi connectivity index (χ1v) is 4.95. The van der Waals surface area contributed by atoms with Crippen molar-refractivity contribution in [3.8, 4) is 0 Å². The van der Waals surface area contributed by atoms with E-state index >= 15 is 0 Å². The minimum absolute atomic E-state index is 0.117. The maximum absolute atomic E-state index is 12.9. The van der Waals surface area contributed by atoms with E-state index in [0.29, 0.717) is 5.56 Å². The van der Waals surface area contributed by atoms with Crippen molar-refractivity contribution in [1.29, 1.82) is 0 Å². The predicted octanol–water partition coefficient (Wildman–Crippen LogP) is 0.0699. The van der Waals surface area contributed by atoms with Crippen LogP contribution in [-0.4, -0.2) is 23.7 Å². The molecule has 0 saturated heterocycles. The summed E-state index contributed by atoms with van der Waals surface area (Å²) in [6, 6.07) is 4.57. The average molecular weight is 226 g/mol. The summed E-state index contributed by atoms with van der Waals surface area (Å²) in [5, 5.41) is 11.6. The first-order chi connectivity index (χ1) is 7.54. The first-order valence-electron chi connectivity index (χ1n) is 4.95. The van der Waals surface area contributed by atoms with Gasteiger partial charge in [-0.1, -0.05) is 12.1 Å². The van der Waals surface area contributed by atoms with E-state index in [1.807, 2.05) is 0 Å². The van der Waals surface area contributed by atoms with Crippen molar-refractivity contribution in [3.05, 3.63) is 35.1 Å². The molecule has 16 heavy (non-hydrogen) atoms. The topological polar surface area (TPSA) is 75.3 Å². The molecule has 0 aliphatic rings. The molecule has 0 aromatic heterocycles. The molecule has 1 aromatic rings. The highest BCUT2D eigenvalue weighted by molar-refractivity contribution is 5.80. The standard InChI is InChI=1S/C11H15FN2O2/c1-7-4-8(2-3-9(7)12)6-14-11(16)10(15)5-13/h2-4,10,15H,5-6,13H2,1H3,(H,14,16). The van der Waals surface area contributed by atoms with Crippen LogP contribution < -0.4 is 11.1 Å². The van der Waals surface area contributed by atoms with Crippen LogP contribution in [0.1, 0.15) is 11.1 Å². The normalized spacial score (nSPS) is 12.2. The lowest BCUT2D eigenvalue weighted by molar-refractivity contribution is -0.128. The second-order valence-electron chi connectivity index (χ2n) is 3.55. The van der Waals surface area contributed by atoms with Gasteiger partial charge >= 0.3 is 0 Å². The highest BCUT2D eigenvalue weighted by Gasteiger charge is 2.11. The van der Waals surface area contributed by atoms with Crippen molar-refractivity contribution < 1.29 is 14.3 Å². The van der Waals surface area contributed by atoms with Crippen LogP contribution in [0.2, 0.25) is 0 Å². The number of carbonyl (C=O) groups is 1. The van der Waals surface area contributed by atoms with Crippen molar-refractivity contribution in [1.82, 2.24) is 5.32 Å². The molecule has 1 atom stereocenters. The van der Waals surface area contributed by atoms with Gasteiger partial charge in [-0.3, -0.25) is 4.79 Å². The number of halogens is 1. The summed E-state index contributed by atoms with van der Waals surface area (Å²) in [6.45, 7) is 1.78. The van der Waals surface area contributed by atoms with Gasteiger partial charge in [0.15, 0.2) is 0 Å². The highest BCUT2D eigenvalue weighted by Crippen LogP contribution is 2.08. The predicted molar refractivity (Wildman–Crippen MR) is 58.0 cm³/mol. The zero-order chi connectivity index (χ0) is 12.1. The summed E-state index contributed by atoms with van der Waals surface area (Å²) in [7, 11) is 0. The van der Waals surface area contributed by atoms with E-state index < -0.39 is 12.0 Å². The summed E-state index contributed by atoms with van der Waals surface area (Å²) in [4.78, 5) is 11.2. The number of aliphatic hydroxyl groups excluding tert-OH is 1. The molecule has 0 fully saturated rings. The summed E-state index contributed by atoms with van der Waals surface area (Å²) in [5.41, 5.74) is 6.42. The molecule has 0 spiro atoms. The molecule has 0 bridgehead atoms. The first kappa shape index (κ1) is 12.6. The molecule has 1 aromatic carbocycles. The number of hydrogen-bond acceptors (Lipinski definition) is 3. The lowest BCUT2D eigenvalue weighted by Crippen LogP contribution is -2.38. The van der Waals surface area contributed by atoms with Crippen LogP contribution in [0.3, 0.4) is 0 Å². The molecule has 1 rings (SSSR count). The van der Waals surface area contributed by atoms with E-state index in [9.17, 15) is 9.18 Å². The van der Waals surface area contributed by atoms with Crippen molar-refractivity contribution in [2.45, 2.75) is 19.6 Å². The molecule has 0 aliphatic heterocycles. The zero-order valence-electron chi connectivity index (χ0n) is 9.03. The molecule has 5 heteroatoms. The van der Waals surface area contributed by atoms with Crippen molar-refractivity contribution >= 4 is 5.91 Å². The maximum atomic E-state index is 12.9. The summed E-state index contributed by atoms with van der Waals surface area (Å²) < 4.78 is 12.9. The van der Waals surface area contributed by atoms with Crippen molar-refractivity contribution in [3.63, 3.8) is 0 Å². The fraction of sp³-hybridized carbons (Fsp3) is 0.364. The Labute approximate surface area is 93.3 Å². The van der Waals surface area contributed by atoms with Gasteiger partial charge in [0.1, 0.15) is 11.9 Å². The van der Waals surface area contributed by atoms with Gasteiger partial charge in [-0.05, 0) is 24.1 Å². The van der Waals surface area contributed by atoms with Gasteiger partial charge in [0.2, 0.25) is 5.91 Å². The Bertz CT molecular complexity index is 382. The third kappa shape index (κ3) is 3.29. The number of aryl methyl sites for hydroxylation is 1. The second kappa shape index (κ2) is 5.58. The molecule has 4 N–H and O–H groups in total. The van der Waals surface area contributed by atoms with Gasteiger partial charge in [0.25, 0.3) is 0 Å². The summed E-state index contributed by atoms with van der Waals surface area (Å²) in [6.07, 6.45) is -1.19. The number of hydrogen-bond donors (Lipinski definition) is 3. The lowest BCUT2D eigenvalue weighted by Gasteiger charge is -2.09. The van der Waals surface area contributed by atoms with E-state index in [4.69, 9.17) is 10.8 Å². The molecular formula is C11H15FN2O2. The minimum Gasteiger partial charge on any atom is -0.382 e. The summed E-state index contributed by atoms with van der Waals surface area (Å²) in [5.74, 6) is -0.804. The number of rotatable bonds is 4. The number of nitrogens with one attached hydrogen (secondary N) is 1. The van der Waals surface area contributed by atoms with E-state index in [2.05, 4.69) is 5.32 Å². The Morgan fingerprint density at radius 3 is 2.88 bits per heavy atom. The van der Waals surface area contributed by atoms with E-state index in [1.165, 1.54) is 6.07 Å². The van der Waals surface area contributed by atoms with Gasteiger partial charge in [0.05, 0.1) is 0 Å². The Kier molecular flexibility index (Phi) is 4.39. The molecule has 0 aliphatic carbocycles. The smallest absolute Gasteiger partial charge is 0.250 e. The van der Waals surface area contributed by atoms with Gasteiger partial charge in [-0.2, -0.15) is 0 Å². The van der Waals surface area contributed by atoms with Gasteiger partial charge in [-0.15, -0.1) is 0 Å². The molecule has 4 nitrogen and oxygen atoms in total. The number of benzene rings is 1. The van der Waals surface area contributed by atoms with Gasteiger partial charge in [0, 0.05) is 13.1 Å².